The monoisotopic (exact) mass is 250 g/mol. The van der Waals surface area contributed by atoms with Gasteiger partial charge in [0, 0.05) is 11.6 Å². The number of benzene rings is 1. The minimum Gasteiger partial charge on any atom is -0.483 e. The number of hydrogen-bond donors (Lipinski definition) is 2. The van der Waals surface area contributed by atoms with E-state index in [2.05, 4.69) is 4.98 Å². The highest BCUT2D eigenvalue weighted by molar-refractivity contribution is 7.09. The Morgan fingerprint density at radius 1 is 1.53 bits per heavy atom. The molecule has 2 aromatic rings. The number of aromatic carboxylic acids is 1. The van der Waals surface area contributed by atoms with Crippen LogP contribution in [0.1, 0.15) is 15.4 Å². The van der Waals surface area contributed by atoms with Crippen molar-refractivity contribution < 1.29 is 14.6 Å². The number of carboxylic acid groups (broad SMARTS) is 1. The van der Waals surface area contributed by atoms with Crippen LogP contribution in [0.2, 0.25) is 0 Å². The van der Waals surface area contributed by atoms with Gasteiger partial charge in [-0.05, 0) is 12.1 Å². The molecule has 0 unspecified atom stereocenters. The standard InChI is InChI=1S/C11H10N2O3S/c12-8-3-1-2-7(11(14)15)10(8)16-6-9-13-4-5-17-9/h1-5H,6,12H2,(H,14,15). The average Bonchev–Trinajstić information content (AvgIpc) is 2.80. The van der Waals surface area contributed by atoms with Gasteiger partial charge in [0.25, 0.3) is 0 Å². The number of nitrogen functional groups attached to an aromatic ring is 1. The summed E-state index contributed by atoms with van der Waals surface area (Å²) in [6.45, 7) is 0.214. The summed E-state index contributed by atoms with van der Waals surface area (Å²) in [6.07, 6.45) is 1.66. The number of ether oxygens (including phenoxy) is 1. The van der Waals surface area contributed by atoms with Crippen molar-refractivity contribution in [2.24, 2.45) is 0 Å². The first-order chi connectivity index (χ1) is 8.18. The van der Waals surface area contributed by atoms with Crippen LogP contribution in [0.15, 0.2) is 29.8 Å². The molecule has 17 heavy (non-hydrogen) atoms. The highest BCUT2D eigenvalue weighted by atomic mass is 32.1. The summed E-state index contributed by atoms with van der Waals surface area (Å²) in [4.78, 5) is 15.0. The lowest BCUT2D eigenvalue weighted by Gasteiger charge is -2.10. The minimum absolute atomic E-state index is 0.0570. The van der Waals surface area contributed by atoms with Crippen LogP contribution in [0.5, 0.6) is 5.75 Å². The number of hydrogen-bond acceptors (Lipinski definition) is 5. The Bertz CT molecular complexity index is 526. The van der Waals surface area contributed by atoms with Crippen LogP contribution in [0.3, 0.4) is 0 Å². The normalized spacial score (nSPS) is 10.1. The first-order valence-electron chi connectivity index (χ1n) is 4.81. The molecule has 0 aliphatic rings. The highest BCUT2D eigenvalue weighted by Gasteiger charge is 2.14. The van der Waals surface area contributed by atoms with E-state index in [0.29, 0.717) is 5.69 Å². The number of rotatable bonds is 4. The van der Waals surface area contributed by atoms with Crippen LogP contribution in [-0.4, -0.2) is 16.1 Å². The third kappa shape index (κ3) is 2.54. The molecule has 1 aromatic heterocycles. The molecule has 0 spiro atoms. The summed E-state index contributed by atoms with van der Waals surface area (Å²) >= 11 is 1.44. The van der Waals surface area contributed by atoms with Crippen molar-refractivity contribution in [1.29, 1.82) is 0 Å². The van der Waals surface area contributed by atoms with Crippen molar-refractivity contribution in [3.8, 4) is 5.75 Å². The Balaban J connectivity index is 2.22. The summed E-state index contributed by atoms with van der Waals surface area (Å²) in [6, 6.07) is 4.63. The van der Waals surface area contributed by atoms with E-state index in [1.807, 2.05) is 5.38 Å². The van der Waals surface area contributed by atoms with E-state index in [1.165, 1.54) is 17.4 Å². The number of aromatic nitrogens is 1. The Labute approximate surface area is 101 Å². The highest BCUT2D eigenvalue weighted by Crippen LogP contribution is 2.27. The molecule has 0 amide bonds. The average molecular weight is 250 g/mol. The Morgan fingerprint density at radius 3 is 3.00 bits per heavy atom. The predicted molar refractivity (Wildman–Crippen MR) is 64.3 cm³/mol. The molecular formula is C11H10N2O3S. The smallest absolute Gasteiger partial charge is 0.339 e. The Hall–Kier alpha value is -2.08. The molecule has 0 saturated heterocycles. The number of nitrogens with two attached hydrogens (primary N) is 1. The SMILES string of the molecule is Nc1cccc(C(=O)O)c1OCc1nccs1. The van der Waals surface area contributed by atoms with Crippen LogP contribution in [-0.2, 0) is 6.61 Å². The zero-order valence-corrected chi connectivity index (χ0v) is 9.61. The minimum atomic E-state index is -1.06. The van der Waals surface area contributed by atoms with E-state index in [-0.39, 0.29) is 17.9 Å². The van der Waals surface area contributed by atoms with E-state index < -0.39 is 5.97 Å². The molecule has 1 aromatic carbocycles. The zero-order valence-electron chi connectivity index (χ0n) is 8.79. The maximum absolute atomic E-state index is 11.0. The van der Waals surface area contributed by atoms with Gasteiger partial charge in [-0.3, -0.25) is 0 Å². The van der Waals surface area contributed by atoms with E-state index in [9.17, 15) is 4.79 Å². The van der Waals surface area contributed by atoms with Gasteiger partial charge in [-0.1, -0.05) is 6.07 Å². The first kappa shape index (κ1) is 11.4. The number of thiazole rings is 1. The maximum Gasteiger partial charge on any atom is 0.339 e. The fourth-order valence-corrected chi connectivity index (χ4v) is 1.87. The van der Waals surface area contributed by atoms with Crippen molar-refractivity contribution in [2.45, 2.75) is 6.61 Å². The molecular weight excluding hydrogens is 240 g/mol. The van der Waals surface area contributed by atoms with Gasteiger partial charge in [0.2, 0.25) is 0 Å². The van der Waals surface area contributed by atoms with Gasteiger partial charge in [-0.25, -0.2) is 9.78 Å². The summed E-state index contributed by atoms with van der Waals surface area (Å²) in [5.41, 5.74) is 6.06. The topological polar surface area (TPSA) is 85.4 Å². The second-order valence-corrected chi connectivity index (χ2v) is 4.22. The van der Waals surface area contributed by atoms with E-state index in [4.69, 9.17) is 15.6 Å². The Kier molecular flexibility index (Phi) is 3.24. The molecule has 2 rings (SSSR count). The maximum atomic E-state index is 11.0. The van der Waals surface area contributed by atoms with Crippen molar-refractivity contribution >= 4 is 23.0 Å². The van der Waals surface area contributed by atoms with Crippen molar-refractivity contribution in [3.63, 3.8) is 0 Å². The predicted octanol–water partition coefficient (Wildman–Crippen LogP) is 2.00. The third-order valence-electron chi connectivity index (χ3n) is 2.10. The summed E-state index contributed by atoms with van der Waals surface area (Å²) in [7, 11) is 0. The quantitative estimate of drug-likeness (QED) is 0.810. The zero-order chi connectivity index (χ0) is 12.3. The Morgan fingerprint density at radius 2 is 2.35 bits per heavy atom. The van der Waals surface area contributed by atoms with Gasteiger partial charge in [0.15, 0.2) is 5.75 Å². The molecule has 0 aliphatic heterocycles. The van der Waals surface area contributed by atoms with Gasteiger partial charge < -0.3 is 15.6 Å². The molecule has 0 bridgehead atoms. The van der Waals surface area contributed by atoms with E-state index in [0.717, 1.165) is 5.01 Å². The van der Waals surface area contributed by atoms with Gasteiger partial charge in [-0.2, -0.15) is 0 Å². The second kappa shape index (κ2) is 4.84. The summed E-state index contributed by atoms with van der Waals surface area (Å²) in [5, 5.41) is 11.6. The lowest BCUT2D eigenvalue weighted by atomic mass is 10.2. The largest absolute Gasteiger partial charge is 0.483 e. The van der Waals surface area contributed by atoms with Crippen LogP contribution in [0.25, 0.3) is 0 Å². The van der Waals surface area contributed by atoms with Crippen LogP contribution in [0.4, 0.5) is 5.69 Å². The van der Waals surface area contributed by atoms with Crippen molar-refractivity contribution in [1.82, 2.24) is 4.98 Å². The first-order valence-corrected chi connectivity index (χ1v) is 5.69. The molecule has 5 nitrogen and oxygen atoms in total. The lowest BCUT2D eigenvalue weighted by molar-refractivity contribution is 0.0692. The van der Waals surface area contributed by atoms with Crippen molar-refractivity contribution in [2.75, 3.05) is 5.73 Å². The van der Waals surface area contributed by atoms with Gasteiger partial charge in [-0.15, -0.1) is 11.3 Å². The van der Waals surface area contributed by atoms with Gasteiger partial charge >= 0.3 is 5.97 Å². The molecule has 6 heteroatoms. The number of para-hydroxylation sites is 1. The second-order valence-electron chi connectivity index (χ2n) is 3.24. The van der Waals surface area contributed by atoms with Crippen LogP contribution in [0, 0.1) is 0 Å². The third-order valence-corrected chi connectivity index (χ3v) is 2.85. The van der Waals surface area contributed by atoms with E-state index in [1.54, 1.807) is 18.3 Å². The number of nitrogens with zero attached hydrogens (tertiary/aromatic N) is 1. The number of carbonyl (C=O) groups is 1. The van der Waals surface area contributed by atoms with Crippen LogP contribution < -0.4 is 10.5 Å². The molecule has 1 heterocycles. The molecule has 0 radical (unpaired) electrons. The summed E-state index contributed by atoms with van der Waals surface area (Å²) in [5.74, 6) is -0.873. The van der Waals surface area contributed by atoms with Crippen LogP contribution >= 0.6 is 11.3 Å². The molecule has 0 aliphatic carbocycles. The van der Waals surface area contributed by atoms with E-state index >= 15 is 0 Å². The molecule has 3 N–H and O–H groups in total. The molecule has 0 saturated carbocycles. The lowest BCUT2D eigenvalue weighted by Crippen LogP contribution is -2.05. The number of carboxylic acids is 1. The number of anilines is 1. The van der Waals surface area contributed by atoms with Gasteiger partial charge in [0.05, 0.1) is 5.69 Å². The van der Waals surface area contributed by atoms with Crippen molar-refractivity contribution in [3.05, 3.63) is 40.3 Å². The molecule has 88 valence electrons. The molecule has 0 fully saturated rings. The molecule has 0 atom stereocenters. The summed E-state index contributed by atoms with van der Waals surface area (Å²) < 4.78 is 5.42. The fraction of sp³-hybridized carbons (Fsp3) is 0.0909. The fourth-order valence-electron chi connectivity index (χ4n) is 1.34. The van der Waals surface area contributed by atoms with Gasteiger partial charge in [0.1, 0.15) is 17.2 Å².